The van der Waals surface area contributed by atoms with Gasteiger partial charge in [-0.15, -0.1) is 0 Å². The van der Waals surface area contributed by atoms with Crippen LogP contribution in [0.15, 0.2) is 24.8 Å². The van der Waals surface area contributed by atoms with Crippen LogP contribution in [0.4, 0.5) is 0 Å². The summed E-state index contributed by atoms with van der Waals surface area (Å²) in [5.74, 6) is 0.495. The average molecular weight is 147 g/mol. The van der Waals surface area contributed by atoms with Crippen LogP contribution in [0, 0.1) is 0 Å². The zero-order valence-corrected chi connectivity index (χ0v) is 7.04. The first kappa shape index (κ1) is 7.99. The second-order valence-corrected chi connectivity index (χ2v) is 2.85. The van der Waals surface area contributed by atoms with E-state index in [9.17, 15) is 0 Å². The summed E-state index contributed by atoms with van der Waals surface area (Å²) in [6.07, 6.45) is 1.77. The molecule has 1 rings (SSSR count). The van der Waals surface area contributed by atoms with Crippen LogP contribution in [0.1, 0.15) is 31.2 Å². The first-order valence-corrected chi connectivity index (χ1v) is 3.83. The fraction of sp³-hybridized carbons (Fsp3) is 0.300. The molecule has 0 N–H and O–H groups in total. The molecule has 11 heavy (non-hydrogen) atoms. The summed E-state index contributed by atoms with van der Waals surface area (Å²) < 4.78 is 0. The number of rotatable bonds is 2. The number of pyridine rings is 1. The van der Waals surface area contributed by atoms with Crippen LogP contribution in [0.2, 0.25) is 0 Å². The van der Waals surface area contributed by atoms with E-state index in [4.69, 9.17) is 0 Å². The van der Waals surface area contributed by atoms with Crippen molar-refractivity contribution in [2.75, 3.05) is 0 Å². The van der Waals surface area contributed by atoms with E-state index in [2.05, 4.69) is 25.4 Å². The van der Waals surface area contributed by atoms with E-state index >= 15 is 0 Å². The van der Waals surface area contributed by atoms with Crippen molar-refractivity contribution in [2.24, 2.45) is 0 Å². The van der Waals surface area contributed by atoms with E-state index in [1.54, 1.807) is 6.08 Å². The van der Waals surface area contributed by atoms with E-state index in [1.165, 1.54) is 0 Å². The van der Waals surface area contributed by atoms with Crippen LogP contribution in [-0.4, -0.2) is 4.98 Å². The SMILES string of the molecule is C=Cc1cccc(C(C)C)n1. The highest BCUT2D eigenvalue weighted by molar-refractivity contribution is 5.41. The lowest BCUT2D eigenvalue weighted by molar-refractivity contribution is 0.821. The van der Waals surface area contributed by atoms with Gasteiger partial charge in [-0.05, 0) is 24.1 Å². The van der Waals surface area contributed by atoms with Crippen molar-refractivity contribution in [3.8, 4) is 0 Å². The lowest BCUT2D eigenvalue weighted by atomic mass is 10.1. The van der Waals surface area contributed by atoms with Gasteiger partial charge in [0.2, 0.25) is 0 Å². The van der Waals surface area contributed by atoms with E-state index in [-0.39, 0.29) is 0 Å². The summed E-state index contributed by atoms with van der Waals surface area (Å²) >= 11 is 0. The van der Waals surface area contributed by atoms with Crippen molar-refractivity contribution in [3.63, 3.8) is 0 Å². The predicted octanol–water partition coefficient (Wildman–Crippen LogP) is 2.85. The number of hydrogen-bond donors (Lipinski definition) is 0. The molecule has 0 saturated carbocycles. The fourth-order valence-electron chi connectivity index (χ4n) is 0.904. The van der Waals surface area contributed by atoms with Gasteiger partial charge < -0.3 is 0 Å². The Morgan fingerprint density at radius 1 is 1.45 bits per heavy atom. The third-order valence-corrected chi connectivity index (χ3v) is 1.59. The van der Waals surface area contributed by atoms with E-state index < -0.39 is 0 Å². The normalized spacial score (nSPS) is 10.1. The highest BCUT2D eigenvalue weighted by Crippen LogP contribution is 2.11. The minimum atomic E-state index is 0.495. The standard InChI is InChI=1S/C10H13N/c1-4-9-6-5-7-10(11-9)8(2)3/h4-8H,1H2,2-3H3. The van der Waals surface area contributed by atoms with Gasteiger partial charge in [-0.25, -0.2) is 0 Å². The molecule has 0 fully saturated rings. The van der Waals surface area contributed by atoms with Gasteiger partial charge in [0.15, 0.2) is 0 Å². The van der Waals surface area contributed by atoms with Crippen molar-refractivity contribution in [3.05, 3.63) is 36.2 Å². The van der Waals surface area contributed by atoms with Gasteiger partial charge in [0, 0.05) is 5.69 Å². The predicted molar refractivity (Wildman–Crippen MR) is 48.4 cm³/mol. The van der Waals surface area contributed by atoms with E-state index in [1.807, 2.05) is 18.2 Å². The monoisotopic (exact) mass is 147 g/mol. The minimum absolute atomic E-state index is 0.495. The topological polar surface area (TPSA) is 12.9 Å². The molecule has 58 valence electrons. The zero-order valence-electron chi connectivity index (χ0n) is 7.04. The second-order valence-electron chi connectivity index (χ2n) is 2.85. The molecule has 1 aromatic rings. The minimum Gasteiger partial charge on any atom is -0.253 e. The third kappa shape index (κ3) is 1.90. The molecule has 0 atom stereocenters. The summed E-state index contributed by atoms with van der Waals surface area (Å²) in [6.45, 7) is 7.94. The van der Waals surface area contributed by atoms with Gasteiger partial charge in [0.1, 0.15) is 0 Å². The molecule has 0 aromatic carbocycles. The zero-order chi connectivity index (χ0) is 8.27. The lowest BCUT2D eigenvalue weighted by Crippen LogP contribution is -1.92. The Kier molecular flexibility index (Phi) is 2.42. The Hall–Kier alpha value is -1.11. The summed E-state index contributed by atoms with van der Waals surface area (Å²) in [7, 11) is 0. The molecule has 1 aromatic heterocycles. The highest BCUT2D eigenvalue weighted by atomic mass is 14.7. The maximum absolute atomic E-state index is 4.37. The first-order valence-electron chi connectivity index (χ1n) is 3.83. The number of hydrogen-bond acceptors (Lipinski definition) is 1. The van der Waals surface area contributed by atoms with Gasteiger partial charge >= 0.3 is 0 Å². The van der Waals surface area contributed by atoms with Gasteiger partial charge in [-0.1, -0.05) is 26.5 Å². The van der Waals surface area contributed by atoms with Crippen molar-refractivity contribution in [1.82, 2.24) is 4.98 Å². The lowest BCUT2D eigenvalue weighted by Gasteiger charge is -2.03. The number of nitrogens with zero attached hydrogens (tertiary/aromatic N) is 1. The molecule has 0 radical (unpaired) electrons. The maximum atomic E-state index is 4.37. The Balaban J connectivity index is 3.00. The van der Waals surface area contributed by atoms with Crippen molar-refractivity contribution < 1.29 is 0 Å². The molecule has 0 spiro atoms. The quantitative estimate of drug-likeness (QED) is 0.626. The van der Waals surface area contributed by atoms with Crippen LogP contribution >= 0.6 is 0 Å². The van der Waals surface area contributed by atoms with Crippen molar-refractivity contribution in [2.45, 2.75) is 19.8 Å². The molecular weight excluding hydrogens is 134 g/mol. The highest BCUT2D eigenvalue weighted by Gasteiger charge is 1.98. The van der Waals surface area contributed by atoms with Crippen molar-refractivity contribution in [1.29, 1.82) is 0 Å². The number of aromatic nitrogens is 1. The van der Waals surface area contributed by atoms with E-state index in [0.717, 1.165) is 11.4 Å². The van der Waals surface area contributed by atoms with Gasteiger partial charge in [-0.3, -0.25) is 4.98 Å². The van der Waals surface area contributed by atoms with Crippen LogP contribution in [0.5, 0.6) is 0 Å². The maximum Gasteiger partial charge on any atom is 0.0627 e. The molecule has 1 nitrogen and oxygen atoms in total. The Bertz CT molecular complexity index is 251. The molecular formula is C10H13N. The second kappa shape index (κ2) is 3.33. The third-order valence-electron chi connectivity index (χ3n) is 1.59. The Morgan fingerprint density at radius 2 is 2.18 bits per heavy atom. The van der Waals surface area contributed by atoms with Crippen LogP contribution in [0.25, 0.3) is 6.08 Å². The largest absolute Gasteiger partial charge is 0.253 e. The molecule has 1 heteroatoms. The van der Waals surface area contributed by atoms with Crippen LogP contribution < -0.4 is 0 Å². The smallest absolute Gasteiger partial charge is 0.0627 e. The summed E-state index contributed by atoms with van der Waals surface area (Å²) in [6, 6.07) is 6.01. The molecule has 0 unspecified atom stereocenters. The fourth-order valence-corrected chi connectivity index (χ4v) is 0.904. The summed E-state index contributed by atoms with van der Waals surface area (Å²) in [5, 5.41) is 0. The van der Waals surface area contributed by atoms with Gasteiger partial charge in [-0.2, -0.15) is 0 Å². The summed E-state index contributed by atoms with van der Waals surface area (Å²) in [5.41, 5.74) is 2.08. The average Bonchev–Trinajstić information content (AvgIpc) is 2.05. The van der Waals surface area contributed by atoms with Crippen LogP contribution in [0.3, 0.4) is 0 Å². The summed E-state index contributed by atoms with van der Waals surface area (Å²) in [4.78, 5) is 4.37. The first-order chi connectivity index (χ1) is 5.24. The molecule has 0 aliphatic carbocycles. The van der Waals surface area contributed by atoms with E-state index in [0.29, 0.717) is 5.92 Å². The Morgan fingerprint density at radius 3 is 2.73 bits per heavy atom. The molecule has 0 saturated heterocycles. The molecule has 0 aliphatic heterocycles. The molecule has 1 heterocycles. The van der Waals surface area contributed by atoms with Crippen molar-refractivity contribution >= 4 is 6.08 Å². The van der Waals surface area contributed by atoms with Gasteiger partial charge in [0.25, 0.3) is 0 Å². The van der Waals surface area contributed by atoms with Crippen LogP contribution in [-0.2, 0) is 0 Å². The Labute approximate surface area is 67.8 Å². The van der Waals surface area contributed by atoms with Gasteiger partial charge in [0.05, 0.1) is 5.69 Å². The molecule has 0 amide bonds. The molecule has 0 aliphatic rings. The molecule has 0 bridgehead atoms.